The van der Waals surface area contributed by atoms with E-state index in [1.165, 1.54) is 7.11 Å². The second-order valence-electron chi connectivity index (χ2n) is 7.02. The van der Waals surface area contributed by atoms with Crippen molar-refractivity contribution in [3.63, 3.8) is 0 Å². The van der Waals surface area contributed by atoms with Crippen molar-refractivity contribution in [1.82, 2.24) is 14.9 Å². The standard InChI is InChI=1S/C23H23N3O3/c1-29-23(28)20(14-17-15-24-19-8-4-3-7-18(17)19)25-22(27)11-13-26-12-10-16-6-2-5-9-21(16)26/h2-10,12,15,20,24H,11,13-14H2,1H3,(H,25,27)/t20-/m0/s1. The summed E-state index contributed by atoms with van der Waals surface area (Å²) in [5, 5.41) is 5.02. The number of aromatic nitrogens is 2. The van der Waals surface area contributed by atoms with E-state index in [1.54, 1.807) is 0 Å². The van der Waals surface area contributed by atoms with E-state index in [2.05, 4.69) is 10.3 Å². The Kier molecular flexibility index (Phi) is 5.33. The first kappa shape index (κ1) is 18.8. The molecule has 6 nitrogen and oxygen atoms in total. The summed E-state index contributed by atoms with van der Waals surface area (Å²) in [6, 6.07) is 17.2. The fourth-order valence-corrected chi connectivity index (χ4v) is 3.68. The van der Waals surface area contributed by atoms with Crippen molar-refractivity contribution in [2.75, 3.05) is 7.11 Å². The topological polar surface area (TPSA) is 76.1 Å². The molecule has 2 N–H and O–H groups in total. The molecule has 2 aromatic carbocycles. The number of benzene rings is 2. The monoisotopic (exact) mass is 389 g/mol. The fourth-order valence-electron chi connectivity index (χ4n) is 3.68. The zero-order valence-corrected chi connectivity index (χ0v) is 16.2. The van der Waals surface area contributed by atoms with Crippen molar-refractivity contribution in [1.29, 1.82) is 0 Å². The zero-order chi connectivity index (χ0) is 20.2. The summed E-state index contributed by atoms with van der Waals surface area (Å²) in [7, 11) is 1.34. The Balaban J connectivity index is 1.43. The Hall–Kier alpha value is -3.54. The number of fused-ring (bicyclic) bond motifs is 2. The third-order valence-corrected chi connectivity index (χ3v) is 5.18. The first-order valence-corrected chi connectivity index (χ1v) is 9.62. The van der Waals surface area contributed by atoms with Gasteiger partial charge in [-0.15, -0.1) is 0 Å². The first-order valence-electron chi connectivity index (χ1n) is 9.62. The van der Waals surface area contributed by atoms with E-state index in [4.69, 9.17) is 4.74 Å². The van der Waals surface area contributed by atoms with Crippen LogP contribution in [0.5, 0.6) is 0 Å². The van der Waals surface area contributed by atoms with E-state index < -0.39 is 12.0 Å². The average molecular weight is 389 g/mol. The number of aryl methyl sites for hydroxylation is 1. The van der Waals surface area contributed by atoms with Crippen LogP contribution in [0.4, 0.5) is 0 Å². The summed E-state index contributed by atoms with van der Waals surface area (Å²) in [4.78, 5) is 28.0. The molecule has 0 aliphatic carbocycles. The van der Waals surface area contributed by atoms with Crippen LogP contribution >= 0.6 is 0 Å². The number of carbonyl (C=O) groups is 2. The number of ether oxygens (including phenoxy) is 1. The molecule has 0 saturated carbocycles. The minimum atomic E-state index is -0.729. The van der Waals surface area contributed by atoms with E-state index in [1.807, 2.05) is 71.6 Å². The molecule has 4 aromatic rings. The van der Waals surface area contributed by atoms with Crippen LogP contribution in [0.2, 0.25) is 0 Å². The van der Waals surface area contributed by atoms with Crippen molar-refractivity contribution in [2.24, 2.45) is 0 Å². The minimum absolute atomic E-state index is 0.182. The van der Waals surface area contributed by atoms with Crippen LogP contribution in [0, 0.1) is 0 Å². The summed E-state index contributed by atoms with van der Waals surface area (Å²) in [6.45, 7) is 0.542. The molecule has 6 heteroatoms. The molecule has 4 rings (SSSR count). The van der Waals surface area contributed by atoms with Crippen molar-refractivity contribution in [3.05, 3.63) is 72.6 Å². The van der Waals surface area contributed by atoms with Gasteiger partial charge in [0.2, 0.25) is 5.91 Å². The van der Waals surface area contributed by atoms with Crippen LogP contribution in [0.1, 0.15) is 12.0 Å². The number of nitrogens with zero attached hydrogens (tertiary/aromatic N) is 1. The molecule has 0 aliphatic heterocycles. The minimum Gasteiger partial charge on any atom is -0.467 e. The van der Waals surface area contributed by atoms with Gasteiger partial charge < -0.3 is 19.6 Å². The Labute approximate surface area is 168 Å². The van der Waals surface area contributed by atoms with Crippen molar-refractivity contribution >= 4 is 33.7 Å². The van der Waals surface area contributed by atoms with Crippen molar-refractivity contribution < 1.29 is 14.3 Å². The molecular weight excluding hydrogens is 366 g/mol. The molecule has 0 saturated heterocycles. The Morgan fingerprint density at radius 2 is 1.90 bits per heavy atom. The van der Waals surface area contributed by atoms with Crippen LogP contribution in [-0.4, -0.2) is 34.6 Å². The SMILES string of the molecule is COC(=O)[C@H](Cc1c[nH]c2ccccc12)NC(=O)CCn1ccc2ccccc21. The largest absolute Gasteiger partial charge is 0.467 e. The molecule has 1 amide bonds. The van der Waals surface area contributed by atoms with Gasteiger partial charge in [0.1, 0.15) is 6.04 Å². The van der Waals surface area contributed by atoms with Gasteiger partial charge in [0.05, 0.1) is 7.11 Å². The van der Waals surface area contributed by atoms with Crippen LogP contribution < -0.4 is 5.32 Å². The molecule has 0 bridgehead atoms. The van der Waals surface area contributed by atoms with Crippen LogP contribution in [0.25, 0.3) is 21.8 Å². The molecule has 0 unspecified atom stereocenters. The highest BCUT2D eigenvalue weighted by atomic mass is 16.5. The van der Waals surface area contributed by atoms with E-state index in [-0.39, 0.29) is 12.3 Å². The molecule has 2 aromatic heterocycles. The quantitative estimate of drug-likeness (QED) is 0.476. The summed E-state index contributed by atoms with van der Waals surface area (Å²) in [6.07, 6.45) is 4.50. The third kappa shape index (κ3) is 4.01. The second kappa shape index (κ2) is 8.22. The molecule has 2 heterocycles. The number of H-pyrrole nitrogens is 1. The second-order valence-corrected chi connectivity index (χ2v) is 7.02. The van der Waals surface area contributed by atoms with Gasteiger partial charge in [-0.25, -0.2) is 4.79 Å². The van der Waals surface area contributed by atoms with E-state index in [0.29, 0.717) is 13.0 Å². The lowest BCUT2D eigenvalue weighted by atomic mass is 10.0. The Morgan fingerprint density at radius 3 is 2.76 bits per heavy atom. The molecule has 1 atom stereocenters. The van der Waals surface area contributed by atoms with Gasteiger partial charge in [-0.3, -0.25) is 4.79 Å². The van der Waals surface area contributed by atoms with Crippen LogP contribution in [0.15, 0.2) is 67.0 Å². The van der Waals surface area contributed by atoms with Crippen LogP contribution in [-0.2, 0) is 27.3 Å². The lowest BCUT2D eigenvalue weighted by Gasteiger charge is -2.16. The summed E-state index contributed by atoms with van der Waals surface area (Å²) in [5.41, 5.74) is 3.05. The molecule has 29 heavy (non-hydrogen) atoms. The molecular formula is C23H23N3O3. The van der Waals surface area contributed by atoms with Gasteiger partial charge in [0, 0.05) is 48.2 Å². The predicted molar refractivity (Wildman–Crippen MR) is 113 cm³/mol. The number of aromatic amines is 1. The Morgan fingerprint density at radius 1 is 1.10 bits per heavy atom. The predicted octanol–water partition coefficient (Wildman–Crippen LogP) is 3.41. The number of rotatable bonds is 7. The Bertz CT molecular complexity index is 1160. The number of hydrogen-bond donors (Lipinski definition) is 2. The zero-order valence-electron chi connectivity index (χ0n) is 16.2. The smallest absolute Gasteiger partial charge is 0.328 e. The number of carbonyl (C=O) groups excluding carboxylic acids is 2. The number of esters is 1. The van der Waals surface area contributed by atoms with Gasteiger partial charge >= 0.3 is 5.97 Å². The molecule has 148 valence electrons. The highest BCUT2D eigenvalue weighted by Gasteiger charge is 2.23. The average Bonchev–Trinajstić information content (AvgIpc) is 3.35. The molecule has 0 fully saturated rings. The fraction of sp³-hybridized carbons (Fsp3) is 0.217. The maximum Gasteiger partial charge on any atom is 0.328 e. The highest BCUT2D eigenvalue weighted by Crippen LogP contribution is 2.20. The molecule has 0 spiro atoms. The van der Waals surface area contributed by atoms with E-state index >= 15 is 0 Å². The maximum atomic E-state index is 12.6. The number of nitrogens with one attached hydrogen (secondary N) is 2. The number of methoxy groups -OCH3 is 1. The van der Waals surface area contributed by atoms with Crippen LogP contribution in [0.3, 0.4) is 0 Å². The number of hydrogen-bond acceptors (Lipinski definition) is 3. The number of amides is 1. The third-order valence-electron chi connectivity index (χ3n) is 5.18. The van der Waals surface area contributed by atoms with Gasteiger partial charge in [-0.1, -0.05) is 36.4 Å². The molecule has 0 radical (unpaired) electrons. The lowest BCUT2D eigenvalue weighted by Crippen LogP contribution is -2.43. The van der Waals surface area contributed by atoms with Gasteiger partial charge in [0.15, 0.2) is 0 Å². The van der Waals surface area contributed by atoms with Gasteiger partial charge in [-0.05, 0) is 29.1 Å². The van der Waals surface area contributed by atoms with Crippen molar-refractivity contribution in [2.45, 2.75) is 25.4 Å². The van der Waals surface area contributed by atoms with E-state index in [0.717, 1.165) is 27.4 Å². The van der Waals surface area contributed by atoms with Crippen molar-refractivity contribution in [3.8, 4) is 0 Å². The first-order chi connectivity index (χ1) is 14.2. The summed E-state index contributed by atoms with van der Waals surface area (Å²) >= 11 is 0. The van der Waals surface area contributed by atoms with E-state index in [9.17, 15) is 9.59 Å². The van der Waals surface area contributed by atoms with Gasteiger partial charge in [0.25, 0.3) is 0 Å². The molecule has 0 aliphatic rings. The normalized spacial score (nSPS) is 12.2. The highest BCUT2D eigenvalue weighted by molar-refractivity contribution is 5.87. The lowest BCUT2D eigenvalue weighted by molar-refractivity contribution is -0.145. The maximum absolute atomic E-state index is 12.6. The van der Waals surface area contributed by atoms with Gasteiger partial charge in [-0.2, -0.15) is 0 Å². The summed E-state index contributed by atoms with van der Waals surface area (Å²) in [5.74, 6) is -0.631. The number of para-hydroxylation sites is 2. The summed E-state index contributed by atoms with van der Waals surface area (Å²) < 4.78 is 6.96.